The lowest BCUT2D eigenvalue weighted by atomic mass is 9.84. The average molecular weight is 784 g/mol. The minimum atomic E-state index is -0.0202. The lowest BCUT2D eigenvalue weighted by Gasteiger charge is -2.27. The lowest BCUT2D eigenvalue weighted by Crippen LogP contribution is -2.11. The summed E-state index contributed by atoms with van der Waals surface area (Å²) >= 11 is 0. The molecule has 13 aromatic rings. The average Bonchev–Trinajstić information content (AvgIpc) is 3.99. The maximum Gasteiger partial charge on any atom is 0.0789 e. The molecule has 0 amide bonds. The van der Waals surface area contributed by atoms with E-state index < -0.39 is 0 Å². The zero-order valence-corrected chi connectivity index (χ0v) is 35.4. The van der Waals surface area contributed by atoms with Crippen LogP contribution in [0, 0.1) is 0 Å². The summed E-state index contributed by atoms with van der Waals surface area (Å²) in [5.41, 5.74) is 13.8. The normalized spacial score (nSPS) is 13.1. The Morgan fingerprint density at radius 1 is 0.344 bits per heavy atom. The Kier molecular flexibility index (Phi) is 6.72. The first-order valence-corrected chi connectivity index (χ1v) is 21.7. The van der Waals surface area contributed by atoms with Gasteiger partial charge in [0.1, 0.15) is 0 Å². The van der Waals surface area contributed by atoms with E-state index in [0.29, 0.717) is 0 Å². The number of benzene rings is 9. The number of fused-ring (bicyclic) bond motifs is 16. The standard InChI is InChI=1S/C58H45N3/c1-57(2,3)36-25-26-48-42(29-36)46-30-37(58(4,5)6)31-47-44-33-50-43(32-49(44)60(48)54(46)47)45-27-34-17-13-15-23-40(34)52-53-41-24-16-14-18-35(41)28-51(56(53)61(50)55(45)52)59(38-19-9-7-10-20-38)39-21-11-8-12-22-39/h7-33H,1-6H3. The summed E-state index contributed by atoms with van der Waals surface area (Å²) in [4.78, 5) is 2.46. The smallest absolute Gasteiger partial charge is 0.0789 e. The van der Waals surface area contributed by atoms with Crippen LogP contribution in [0.1, 0.15) is 52.7 Å². The van der Waals surface area contributed by atoms with Crippen molar-refractivity contribution in [3.63, 3.8) is 0 Å². The van der Waals surface area contributed by atoms with Crippen LogP contribution in [0.2, 0.25) is 0 Å². The molecule has 0 aliphatic carbocycles. The molecule has 0 aliphatic rings. The van der Waals surface area contributed by atoms with Crippen molar-refractivity contribution >= 4 is 115 Å². The van der Waals surface area contributed by atoms with E-state index in [-0.39, 0.29) is 10.8 Å². The quantitative estimate of drug-likeness (QED) is 0.174. The molecule has 3 nitrogen and oxygen atoms in total. The van der Waals surface area contributed by atoms with Crippen LogP contribution < -0.4 is 4.90 Å². The molecule has 0 N–H and O–H groups in total. The monoisotopic (exact) mass is 783 g/mol. The van der Waals surface area contributed by atoms with Crippen LogP contribution in [0.25, 0.3) is 97.7 Å². The van der Waals surface area contributed by atoms with Gasteiger partial charge < -0.3 is 13.7 Å². The predicted molar refractivity (Wildman–Crippen MR) is 263 cm³/mol. The van der Waals surface area contributed by atoms with E-state index in [9.17, 15) is 0 Å². The number of hydrogen-bond donors (Lipinski definition) is 0. The van der Waals surface area contributed by atoms with Crippen molar-refractivity contribution < 1.29 is 0 Å². The summed E-state index contributed by atoms with van der Waals surface area (Å²) in [6.45, 7) is 14.0. The van der Waals surface area contributed by atoms with E-state index in [0.717, 1.165) is 17.1 Å². The fourth-order valence-corrected chi connectivity index (χ4v) is 10.8. The number of rotatable bonds is 3. The summed E-state index contributed by atoms with van der Waals surface area (Å²) in [6, 6.07) is 61.9. The van der Waals surface area contributed by atoms with Gasteiger partial charge in [0.2, 0.25) is 0 Å². The van der Waals surface area contributed by atoms with E-state index in [4.69, 9.17) is 0 Å². The third-order valence-electron chi connectivity index (χ3n) is 13.8. The fourth-order valence-electron chi connectivity index (χ4n) is 10.8. The molecule has 0 fully saturated rings. The first-order valence-electron chi connectivity index (χ1n) is 21.7. The molecule has 0 atom stereocenters. The number of anilines is 3. The number of hydrogen-bond acceptors (Lipinski definition) is 1. The second-order valence-electron chi connectivity index (χ2n) is 19.4. The zero-order chi connectivity index (χ0) is 41.1. The summed E-state index contributed by atoms with van der Waals surface area (Å²) in [5, 5.41) is 15.5. The second kappa shape index (κ2) is 11.8. The minimum absolute atomic E-state index is 0.0202. The van der Waals surface area contributed by atoms with E-state index in [1.165, 1.54) is 109 Å². The molecule has 0 spiro atoms. The highest BCUT2D eigenvalue weighted by molar-refractivity contribution is 6.38. The van der Waals surface area contributed by atoms with Crippen molar-refractivity contribution in [2.45, 2.75) is 52.4 Å². The van der Waals surface area contributed by atoms with E-state index >= 15 is 0 Å². The largest absolute Gasteiger partial charge is 0.308 e. The molecular formula is C58H45N3. The fraction of sp³-hybridized carbons (Fsp3) is 0.138. The topological polar surface area (TPSA) is 12.1 Å². The number of nitrogens with zero attached hydrogens (tertiary/aromatic N) is 3. The Bertz CT molecular complexity index is 3890. The Balaban J connectivity index is 1.28. The predicted octanol–water partition coefficient (Wildman–Crippen LogP) is 16.4. The van der Waals surface area contributed by atoms with Gasteiger partial charge in [0.05, 0.1) is 38.8 Å². The molecule has 0 saturated carbocycles. The van der Waals surface area contributed by atoms with Gasteiger partial charge in [-0.05, 0) is 116 Å². The summed E-state index contributed by atoms with van der Waals surface area (Å²) in [7, 11) is 0. The van der Waals surface area contributed by atoms with Crippen LogP contribution in [-0.4, -0.2) is 8.80 Å². The lowest BCUT2D eigenvalue weighted by molar-refractivity contribution is 0.590. The van der Waals surface area contributed by atoms with Crippen molar-refractivity contribution in [3.8, 4) is 0 Å². The highest BCUT2D eigenvalue weighted by Gasteiger charge is 2.29. The van der Waals surface area contributed by atoms with Crippen LogP contribution >= 0.6 is 0 Å². The molecule has 0 radical (unpaired) electrons. The minimum Gasteiger partial charge on any atom is -0.308 e. The van der Waals surface area contributed by atoms with Gasteiger partial charge in [-0.1, -0.05) is 133 Å². The maximum absolute atomic E-state index is 2.63. The van der Waals surface area contributed by atoms with Crippen molar-refractivity contribution in [3.05, 3.63) is 175 Å². The summed E-state index contributed by atoms with van der Waals surface area (Å²) in [6.07, 6.45) is 0. The molecule has 0 unspecified atom stereocenters. The second-order valence-corrected chi connectivity index (χ2v) is 19.4. The van der Waals surface area contributed by atoms with E-state index in [2.05, 4.69) is 219 Å². The van der Waals surface area contributed by atoms with Gasteiger partial charge in [-0.15, -0.1) is 0 Å². The van der Waals surface area contributed by atoms with Gasteiger partial charge in [-0.2, -0.15) is 0 Å². The van der Waals surface area contributed by atoms with Gasteiger partial charge >= 0.3 is 0 Å². The van der Waals surface area contributed by atoms with E-state index in [1.807, 2.05) is 0 Å². The van der Waals surface area contributed by atoms with Gasteiger partial charge in [0.15, 0.2) is 0 Å². The SMILES string of the molecule is CC(C)(C)c1ccc2c(c1)c1cc(C(C)(C)C)cc3c4cc5c(cc4n2c13)c1cc2ccccc2c2c3c4ccccc4cc(N(c4ccccc4)c4ccccc4)c3n5c12. The molecule has 0 saturated heterocycles. The number of aromatic nitrogens is 2. The van der Waals surface area contributed by atoms with Crippen molar-refractivity contribution in [1.29, 1.82) is 0 Å². The van der Waals surface area contributed by atoms with E-state index in [1.54, 1.807) is 0 Å². The van der Waals surface area contributed by atoms with Crippen LogP contribution in [-0.2, 0) is 10.8 Å². The maximum atomic E-state index is 2.63. The molecule has 61 heavy (non-hydrogen) atoms. The molecule has 4 heterocycles. The molecule has 4 aromatic heterocycles. The highest BCUT2D eigenvalue weighted by atomic mass is 15.2. The molecule has 9 aromatic carbocycles. The van der Waals surface area contributed by atoms with Crippen LogP contribution in [0.4, 0.5) is 17.1 Å². The van der Waals surface area contributed by atoms with Gasteiger partial charge in [-0.25, -0.2) is 0 Å². The van der Waals surface area contributed by atoms with Gasteiger partial charge in [0.25, 0.3) is 0 Å². The third-order valence-corrected chi connectivity index (χ3v) is 13.8. The Labute approximate surface area is 354 Å². The Morgan fingerprint density at radius 2 is 0.820 bits per heavy atom. The molecule has 0 aliphatic heterocycles. The highest BCUT2D eigenvalue weighted by Crippen LogP contribution is 2.52. The summed E-state index contributed by atoms with van der Waals surface area (Å²) in [5.74, 6) is 0. The first-order chi connectivity index (χ1) is 29.5. The summed E-state index contributed by atoms with van der Waals surface area (Å²) < 4.78 is 5.21. The Hall–Kier alpha value is -7.10. The molecule has 13 rings (SSSR count). The molecule has 3 heteroatoms. The Morgan fingerprint density at radius 3 is 1.41 bits per heavy atom. The first kappa shape index (κ1) is 34.7. The van der Waals surface area contributed by atoms with Crippen LogP contribution in [0.15, 0.2) is 164 Å². The van der Waals surface area contributed by atoms with Gasteiger partial charge in [-0.3, -0.25) is 0 Å². The molecule has 0 bridgehead atoms. The molecular weight excluding hydrogens is 739 g/mol. The van der Waals surface area contributed by atoms with Crippen molar-refractivity contribution in [2.24, 2.45) is 0 Å². The van der Waals surface area contributed by atoms with Crippen LogP contribution in [0.3, 0.4) is 0 Å². The van der Waals surface area contributed by atoms with Gasteiger partial charge in [0, 0.05) is 54.5 Å². The van der Waals surface area contributed by atoms with Crippen LogP contribution in [0.5, 0.6) is 0 Å². The number of para-hydroxylation sites is 2. The van der Waals surface area contributed by atoms with Crippen molar-refractivity contribution in [1.82, 2.24) is 8.80 Å². The molecule has 292 valence electrons. The third kappa shape index (κ3) is 4.64. The zero-order valence-electron chi connectivity index (χ0n) is 35.4. The van der Waals surface area contributed by atoms with Crippen molar-refractivity contribution in [2.75, 3.05) is 4.90 Å².